The Bertz CT molecular complexity index is 266. The van der Waals surface area contributed by atoms with E-state index in [1.54, 1.807) is 7.11 Å². The molecule has 0 saturated heterocycles. The minimum absolute atomic E-state index is 0.161. The molecule has 0 bridgehead atoms. The maximum Gasteiger partial charge on any atom is 0.223 e. The smallest absolute Gasteiger partial charge is 0.223 e. The third kappa shape index (κ3) is 4.67. The number of hydrogen-bond donors (Lipinski definition) is 0. The van der Waals surface area contributed by atoms with E-state index in [0.717, 1.165) is 6.54 Å². The molecule has 0 radical (unpaired) electrons. The van der Waals surface area contributed by atoms with E-state index >= 15 is 0 Å². The van der Waals surface area contributed by atoms with Crippen LogP contribution in [-0.4, -0.2) is 37.6 Å². The maximum atomic E-state index is 12.0. The molecule has 90 valence electrons. The van der Waals surface area contributed by atoms with Crippen molar-refractivity contribution in [2.75, 3.05) is 26.8 Å². The van der Waals surface area contributed by atoms with E-state index < -0.39 is 0 Å². The van der Waals surface area contributed by atoms with E-state index in [9.17, 15) is 4.79 Å². The number of nitrogens with zero attached hydrogens (tertiary/aromatic N) is 1. The zero-order valence-corrected chi connectivity index (χ0v) is 10.2. The molecule has 1 fully saturated rings. The molecule has 1 atom stereocenters. The highest BCUT2D eigenvalue weighted by molar-refractivity contribution is 5.76. The predicted molar refractivity (Wildman–Crippen MR) is 63.8 cm³/mol. The summed E-state index contributed by atoms with van der Waals surface area (Å²) in [6.07, 6.45) is 8.29. The lowest BCUT2D eigenvalue weighted by atomic mass is 10.1. The van der Waals surface area contributed by atoms with Gasteiger partial charge in [-0.15, -0.1) is 6.42 Å². The van der Waals surface area contributed by atoms with Crippen molar-refractivity contribution in [2.24, 2.45) is 11.8 Å². The number of carbonyl (C=O) groups is 1. The van der Waals surface area contributed by atoms with Crippen molar-refractivity contribution >= 4 is 5.91 Å². The Kier molecular flexibility index (Phi) is 5.34. The monoisotopic (exact) mass is 223 g/mol. The van der Waals surface area contributed by atoms with E-state index in [-0.39, 0.29) is 11.8 Å². The largest absolute Gasteiger partial charge is 0.384 e. The summed E-state index contributed by atoms with van der Waals surface area (Å²) in [4.78, 5) is 13.8. The van der Waals surface area contributed by atoms with Crippen molar-refractivity contribution in [3.8, 4) is 12.3 Å². The number of hydrogen-bond acceptors (Lipinski definition) is 2. The first-order valence-electron chi connectivity index (χ1n) is 5.87. The fourth-order valence-electron chi connectivity index (χ4n) is 1.75. The second-order valence-corrected chi connectivity index (χ2v) is 4.69. The molecule has 0 N–H and O–H groups in total. The molecule has 0 aromatic carbocycles. The van der Waals surface area contributed by atoms with Gasteiger partial charge in [-0.25, -0.2) is 0 Å². The molecule has 3 heteroatoms. The Labute approximate surface area is 98.1 Å². The molecule has 1 unspecified atom stereocenters. The van der Waals surface area contributed by atoms with Gasteiger partial charge in [0.25, 0.3) is 0 Å². The molecule has 0 heterocycles. The molecule has 1 aliphatic carbocycles. The molecule has 1 rings (SSSR count). The average Bonchev–Trinajstić information content (AvgIpc) is 3.01. The minimum atomic E-state index is 0.161. The van der Waals surface area contributed by atoms with Crippen LogP contribution >= 0.6 is 0 Å². The Morgan fingerprint density at radius 1 is 1.62 bits per heavy atom. The van der Waals surface area contributed by atoms with E-state index in [0.29, 0.717) is 25.5 Å². The topological polar surface area (TPSA) is 29.5 Å². The van der Waals surface area contributed by atoms with Crippen LogP contribution in [0.2, 0.25) is 0 Å². The molecule has 3 nitrogen and oxygen atoms in total. The van der Waals surface area contributed by atoms with Gasteiger partial charge in [0, 0.05) is 26.7 Å². The van der Waals surface area contributed by atoms with E-state index in [4.69, 9.17) is 11.2 Å². The Balaban J connectivity index is 2.36. The zero-order valence-electron chi connectivity index (χ0n) is 10.2. The molecule has 1 amide bonds. The number of ether oxygens (including phenoxy) is 1. The first-order chi connectivity index (χ1) is 7.67. The van der Waals surface area contributed by atoms with Gasteiger partial charge in [0.05, 0.1) is 6.54 Å². The van der Waals surface area contributed by atoms with Crippen LogP contribution in [0.25, 0.3) is 0 Å². The lowest BCUT2D eigenvalue weighted by Crippen LogP contribution is -2.34. The summed E-state index contributed by atoms with van der Waals surface area (Å²) in [6, 6.07) is 0. The molecular formula is C13H21NO2. The van der Waals surface area contributed by atoms with E-state index in [1.165, 1.54) is 12.8 Å². The normalized spacial score (nSPS) is 16.6. The fourth-order valence-corrected chi connectivity index (χ4v) is 1.75. The molecule has 1 saturated carbocycles. The van der Waals surface area contributed by atoms with E-state index in [1.807, 2.05) is 11.8 Å². The zero-order chi connectivity index (χ0) is 12.0. The number of carbonyl (C=O) groups excluding carboxylic acids is 1. The number of methoxy groups -OCH3 is 1. The van der Waals surface area contributed by atoms with Crippen LogP contribution in [0.4, 0.5) is 0 Å². The molecular weight excluding hydrogens is 202 g/mol. The Hall–Kier alpha value is -1.01. The summed E-state index contributed by atoms with van der Waals surface area (Å²) < 4.78 is 5.03. The van der Waals surface area contributed by atoms with Crippen molar-refractivity contribution in [3.63, 3.8) is 0 Å². The summed E-state index contributed by atoms with van der Waals surface area (Å²) in [5.41, 5.74) is 0. The SMILES string of the molecule is C#CCN(CC1CC1)C(=O)CC(C)COC. The third-order valence-electron chi connectivity index (χ3n) is 2.78. The summed E-state index contributed by atoms with van der Waals surface area (Å²) in [5, 5.41) is 0. The van der Waals surface area contributed by atoms with Crippen LogP contribution in [0.3, 0.4) is 0 Å². The first kappa shape index (κ1) is 13.1. The number of rotatable bonds is 7. The lowest BCUT2D eigenvalue weighted by Gasteiger charge is -2.21. The second kappa shape index (κ2) is 6.55. The average molecular weight is 223 g/mol. The van der Waals surface area contributed by atoms with Crippen LogP contribution in [0, 0.1) is 24.2 Å². The maximum absolute atomic E-state index is 12.0. The van der Waals surface area contributed by atoms with Gasteiger partial charge in [0.1, 0.15) is 0 Å². The van der Waals surface area contributed by atoms with Crippen molar-refractivity contribution in [2.45, 2.75) is 26.2 Å². The lowest BCUT2D eigenvalue weighted by molar-refractivity contribution is -0.132. The third-order valence-corrected chi connectivity index (χ3v) is 2.78. The molecule has 0 spiro atoms. The highest BCUT2D eigenvalue weighted by Crippen LogP contribution is 2.29. The quantitative estimate of drug-likeness (QED) is 0.613. The van der Waals surface area contributed by atoms with Gasteiger partial charge in [0.15, 0.2) is 0 Å². The van der Waals surface area contributed by atoms with Crippen LogP contribution in [0.5, 0.6) is 0 Å². The van der Waals surface area contributed by atoms with Crippen molar-refractivity contribution < 1.29 is 9.53 Å². The molecule has 0 aromatic rings. The molecule has 1 aliphatic rings. The van der Waals surface area contributed by atoms with Gasteiger partial charge in [-0.05, 0) is 24.7 Å². The molecule has 0 aromatic heterocycles. The van der Waals surface area contributed by atoms with Crippen LogP contribution in [-0.2, 0) is 9.53 Å². The number of terminal acetylenes is 1. The Morgan fingerprint density at radius 3 is 2.81 bits per heavy atom. The van der Waals surface area contributed by atoms with Crippen LogP contribution < -0.4 is 0 Å². The standard InChI is InChI=1S/C13H21NO2/c1-4-7-14(9-12-5-6-12)13(15)8-11(2)10-16-3/h1,11-12H,5-10H2,2-3H3. The minimum Gasteiger partial charge on any atom is -0.384 e. The van der Waals surface area contributed by atoms with Crippen molar-refractivity contribution in [1.82, 2.24) is 4.90 Å². The van der Waals surface area contributed by atoms with Crippen LogP contribution in [0.1, 0.15) is 26.2 Å². The molecule has 0 aliphatic heterocycles. The highest BCUT2D eigenvalue weighted by Gasteiger charge is 2.26. The summed E-state index contributed by atoms with van der Waals surface area (Å²) in [6.45, 7) is 3.92. The summed E-state index contributed by atoms with van der Waals surface area (Å²) in [7, 11) is 1.66. The van der Waals surface area contributed by atoms with Gasteiger partial charge < -0.3 is 9.64 Å². The van der Waals surface area contributed by atoms with Crippen molar-refractivity contribution in [1.29, 1.82) is 0 Å². The predicted octanol–water partition coefficient (Wildman–Crippen LogP) is 1.53. The number of amides is 1. The van der Waals surface area contributed by atoms with Crippen LogP contribution in [0.15, 0.2) is 0 Å². The highest BCUT2D eigenvalue weighted by atomic mass is 16.5. The van der Waals surface area contributed by atoms with E-state index in [2.05, 4.69) is 5.92 Å². The van der Waals surface area contributed by atoms with Gasteiger partial charge in [-0.2, -0.15) is 0 Å². The van der Waals surface area contributed by atoms with Gasteiger partial charge in [0.2, 0.25) is 5.91 Å². The van der Waals surface area contributed by atoms with Crippen molar-refractivity contribution in [3.05, 3.63) is 0 Å². The summed E-state index contributed by atoms with van der Waals surface area (Å²) in [5.74, 6) is 3.67. The molecule has 16 heavy (non-hydrogen) atoms. The van der Waals surface area contributed by atoms with Gasteiger partial charge in [-0.1, -0.05) is 12.8 Å². The Morgan fingerprint density at radius 2 is 2.31 bits per heavy atom. The fraction of sp³-hybridized carbons (Fsp3) is 0.769. The first-order valence-corrected chi connectivity index (χ1v) is 5.87. The second-order valence-electron chi connectivity index (χ2n) is 4.69. The summed E-state index contributed by atoms with van der Waals surface area (Å²) >= 11 is 0. The van der Waals surface area contributed by atoms with Gasteiger partial charge >= 0.3 is 0 Å². The van der Waals surface area contributed by atoms with Gasteiger partial charge in [-0.3, -0.25) is 4.79 Å².